The van der Waals surface area contributed by atoms with Crippen molar-refractivity contribution in [1.29, 1.82) is 0 Å². The molecule has 0 saturated heterocycles. The van der Waals surface area contributed by atoms with Gasteiger partial charge < -0.3 is 10.2 Å². The fourth-order valence-electron chi connectivity index (χ4n) is 2.93. The van der Waals surface area contributed by atoms with E-state index in [2.05, 4.69) is 26.0 Å². The summed E-state index contributed by atoms with van der Waals surface area (Å²) in [5.41, 5.74) is 3.47. The number of aliphatic carboxylic acids is 1. The predicted molar refractivity (Wildman–Crippen MR) is 95.2 cm³/mol. The first-order valence-electron chi connectivity index (χ1n) is 8.27. The lowest BCUT2D eigenvalue weighted by Crippen LogP contribution is -2.27. The summed E-state index contributed by atoms with van der Waals surface area (Å²) >= 11 is 0. The van der Waals surface area contributed by atoms with Crippen LogP contribution in [-0.2, 0) is 4.79 Å². The maximum absolute atomic E-state index is 10.6. The summed E-state index contributed by atoms with van der Waals surface area (Å²) < 4.78 is 0. The van der Waals surface area contributed by atoms with Gasteiger partial charge in [-0.25, -0.2) is 0 Å². The molecule has 0 aromatic carbocycles. The molecule has 1 aliphatic rings. The number of rotatable bonds is 6. The second kappa shape index (κ2) is 8.30. The minimum absolute atomic E-state index is 0.0258. The van der Waals surface area contributed by atoms with Crippen molar-refractivity contribution < 1.29 is 15.0 Å². The fourth-order valence-corrected chi connectivity index (χ4v) is 2.93. The average Bonchev–Trinajstić information content (AvgIpc) is 2.42. The fraction of sp³-hybridized carbons (Fsp3) is 0.550. The van der Waals surface area contributed by atoms with E-state index in [4.69, 9.17) is 5.11 Å². The number of hydrogen-bond acceptors (Lipinski definition) is 2. The average molecular weight is 318 g/mol. The van der Waals surface area contributed by atoms with Crippen molar-refractivity contribution in [1.82, 2.24) is 0 Å². The maximum Gasteiger partial charge on any atom is 0.303 e. The number of carboxylic acids is 1. The van der Waals surface area contributed by atoms with Crippen LogP contribution < -0.4 is 0 Å². The number of aliphatic hydroxyl groups is 1. The van der Waals surface area contributed by atoms with Gasteiger partial charge in [0, 0.05) is 0 Å². The van der Waals surface area contributed by atoms with Crippen LogP contribution in [0, 0.1) is 11.3 Å². The van der Waals surface area contributed by atoms with Gasteiger partial charge in [0.2, 0.25) is 0 Å². The van der Waals surface area contributed by atoms with Crippen LogP contribution in [-0.4, -0.2) is 22.3 Å². The number of aliphatic hydroxyl groups excluding tert-OH is 1. The van der Waals surface area contributed by atoms with Gasteiger partial charge in [-0.3, -0.25) is 4.79 Å². The van der Waals surface area contributed by atoms with Gasteiger partial charge in [0.15, 0.2) is 0 Å². The van der Waals surface area contributed by atoms with E-state index < -0.39 is 5.97 Å². The zero-order chi connectivity index (χ0) is 17.6. The van der Waals surface area contributed by atoms with Crippen molar-refractivity contribution >= 4 is 5.97 Å². The van der Waals surface area contributed by atoms with Gasteiger partial charge in [0.05, 0.1) is 12.5 Å². The van der Waals surface area contributed by atoms with Gasteiger partial charge in [-0.1, -0.05) is 56.7 Å². The van der Waals surface area contributed by atoms with E-state index in [-0.39, 0.29) is 23.9 Å². The lowest BCUT2D eigenvalue weighted by Gasteiger charge is -2.35. The third kappa shape index (κ3) is 6.19. The molecule has 0 fully saturated rings. The Hall–Kier alpha value is -1.61. The van der Waals surface area contributed by atoms with Gasteiger partial charge in [0.1, 0.15) is 0 Å². The summed E-state index contributed by atoms with van der Waals surface area (Å²) in [4.78, 5) is 10.6. The van der Waals surface area contributed by atoms with E-state index >= 15 is 0 Å². The first kappa shape index (κ1) is 19.4. The Labute approximate surface area is 140 Å². The molecule has 23 heavy (non-hydrogen) atoms. The van der Waals surface area contributed by atoms with Crippen molar-refractivity contribution in [3.8, 4) is 0 Å². The third-order valence-corrected chi connectivity index (χ3v) is 4.50. The van der Waals surface area contributed by atoms with E-state index in [1.54, 1.807) is 0 Å². The lowest BCUT2D eigenvalue weighted by atomic mass is 9.71. The molecule has 2 atom stereocenters. The maximum atomic E-state index is 10.6. The van der Waals surface area contributed by atoms with Gasteiger partial charge in [-0.05, 0) is 49.2 Å². The summed E-state index contributed by atoms with van der Waals surface area (Å²) in [5.74, 6) is -0.749. The molecule has 0 aliphatic heterocycles. The highest BCUT2D eigenvalue weighted by Crippen LogP contribution is 2.40. The summed E-state index contributed by atoms with van der Waals surface area (Å²) in [6.45, 7) is 10.4. The van der Waals surface area contributed by atoms with Gasteiger partial charge in [0.25, 0.3) is 0 Å². The topological polar surface area (TPSA) is 57.5 Å². The summed E-state index contributed by atoms with van der Waals surface area (Å²) in [6, 6.07) is 0. The van der Waals surface area contributed by atoms with Crippen LogP contribution in [0.2, 0.25) is 0 Å². The molecule has 3 nitrogen and oxygen atoms in total. The molecule has 0 radical (unpaired) electrons. The molecule has 0 amide bonds. The quantitative estimate of drug-likeness (QED) is 0.701. The van der Waals surface area contributed by atoms with Crippen LogP contribution in [0.5, 0.6) is 0 Å². The molecule has 0 bridgehead atoms. The molecule has 1 rings (SSSR count). The van der Waals surface area contributed by atoms with E-state index in [1.165, 1.54) is 5.57 Å². The second-order valence-corrected chi connectivity index (χ2v) is 7.24. The van der Waals surface area contributed by atoms with Gasteiger partial charge in [-0.15, -0.1) is 0 Å². The zero-order valence-electron chi connectivity index (χ0n) is 15.0. The molecule has 0 aromatic heterocycles. The first-order valence-corrected chi connectivity index (χ1v) is 8.27. The number of hydrogen-bond donors (Lipinski definition) is 2. The first-order chi connectivity index (χ1) is 10.6. The highest BCUT2D eigenvalue weighted by Gasteiger charge is 2.30. The highest BCUT2D eigenvalue weighted by molar-refractivity contribution is 5.67. The number of carbonyl (C=O) groups is 1. The minimum Gasteiger partial charge on any atom is -0.481 e. The molecule has 2 N–H and O–H groups in total. The normalized spacial score (nSPS) is 23.7. The molecule has 3 heteroatoms. The summed E-state index contributed by atoms with van der Waals surface area (Å²) in [7, 11) is 0. The molecule has 2 unspecified atom stereocenters. The Kier molecular flexibility index (Phi) is 7.01. The van der Waals surface area contributed by atoms with Crippen LogP contribution in [0.15, 0.2) is 47.1 Å². The van der Waals surface area contributed by atoms with Crippen LogP contribution in [0.1, 0.15) is 53.9 Å². The molecule has 1 aliphatic carbocycles. The van der Waals surface area contributed by atoms with Crippen molar-refractivity contribution in [2.24, 2.45) is 11.3 Å². The van der Waals surface area contributed by atoms with Gasteiger partial charge >= 0.3 is 5.97 Å². The standard InChI is InChI=1S/C20H30O3/c1-14(7-6-8-15(2)13-19(22)23)9-10-17-16(3)18(21)11-12-20(17,4)5/h6-10,15,18,21H,11-13H2,1-5H3,(H,22,23)/b8-6+,10-9+,14-7+. The lowest BCUT2D eigenvalue weighted by molar-refractivity contribution is -0.137. The van der Waals surface area contributed by atoms with Crippen molar-refractivity contribution in [2.45, 2.75) is 60.0 Å². The molecule has 0 aromatic rings. The molecular formula is C20H30O3. The number of allylic oxidation sites excluding steroid dienone is 7. The van der Waals surface area contributed by atoms with E-state index in [0.717, 1.165) is 24.0 Å². The molecule has 128 valence electrons. The van der Waals surface area contributed by atoms with Crippen molar-refractivity contribution in [3.63, 3.8) is 0 Å². The molecule has 0 heterocycles. The second-order valence-electron chi connectivity index (χ2n) is 7.24. The Morgan fingerprint density at radius 1 is 1.43 bits per heavy atom. The van der Waals surface area contributed by atoms with Crippen LogP contribution in [0.25, 0.3) is 0 Å². The van der Waals surface area contributed by atoms with E-state index in [9.17, 15) is 9.90 Å². The minimum atomic E-state index is -0.775. The monoisotopic (exact) mass is 318 g/mol. The summed E-state index contributed by atoms with van der Waals surface area (Å²) in [6.07, 6.45) is 11.6. The van der Waals surface area contributed by atoms with Crippen LogP contribution >= 0.6 is 0 Å². The summed E-state index contributed by atoms with van der Waals surface area (Å²) in [5, 5.41) is 18.8. The largest absolute Gasteiger partial charge is 0.481 e. The highest BCUT2D eigenvalue weighted by atomic mass is 16.4. The van der Waals surface area contributed by atoms with Crippen molar-refractivity contribution in [3.05, 3.63) is 47.1 Å². The third-order valence-electron chi connectivity index (χ3n) is 4.50. The van der Waals surface area contributed by atoms with Crippen LogP contribution in [0.3, 0.4) is 0 Å². The molecule has 0 saturated carbocycles. The smallest absolute Gasteiger partial charge is 0.303 e. The van der Waals surface area contributed by atoms with Crippen molar-refractivity contribution in [2.75, 3.05) is 0 Å². The zero-order valence-corrected chi connectivity index (χ0v) is 15.0. The molecular weight excluding hydrogens is 288 g/mol. The van der Waals surface area contributed by atoms with E-state index in [1.807, 2.05) is 39.0 Å². The Morgan fingerprint density at radius 3 is 2.70 bits per heavy atom. The predicted octanol–water partition coefficient (Wildman–Crippen LogP) is 4.65. The molecule has 0 spiro atoms. The number of carboxylic acid groups (broad SMARTS) is 1. The SMILES string of the molecule is CC1=C(/C=C/C(C)=C/C=C/C(C)CC(=O)O)C(C)(C)CCC1O. The Morgan fingerprint density at radius 2 is 2.09 bits per heavy atom. The van der Waals surface area contributed by atoms with Gasteiger partial charge in [-0.2, -0.15) is 0 Å². The Balaban J connectivity index is 2.79. The van der Waals surface area contributed by atoms with E-state index in [0.29, 0.717) is 0 Å². The van der Waals surface area contributed by atoms with Crippen LogP contribution in [0.4, 0.5) is 0 Å². The Bertz CT molecular complexity index is 547.